The number of benzene rings is 1. The Bertz CT molecular complexity index is 461. The number of nitrogens with zero attached hydrogens (tertiary/aromatic N) is 2. The van der Waals surface area contributed by atoms with Crippen LogP contribution in [0.15, 0.2) is 42.6 Å². The molecule has 0 unspecified atom stereocenters. The molecule has 0 fully saturated rings. The van der Waals surface area contributed by atoms with Gasteiger partial charge in [-0.15, -0.1) is 0 Å². The molecule has 0 bridgehead atoms. The summed E-state index contributed by atoms with van der Waals surface area (Å²) in [4.78, 5) is 8.45. The normalized spacial score (nSPS) is 10.7. The van der Waals surface area contributed by atoms with E-state index in [-0.39, 0.29) is 0 Å². The molecule has 0 saturated carbocycles. The lowest BCUT2D eigenvalue weighted by molar-refractivity contribution is 1.08. The summed E-state index contributed by atoms with van der Waals surface area (Å²) in [7, 11) is 0. The highest BCUT2D eigenvalue weighted by atomic mass is 14.9. The molecule has 0 radical (unpaired) electrons. The highest BCUT2D eigenvalue weighted by Crippen LogP contribution is 2.04. The summed E-state index contributed by atoms with van der Waals surface area (Å²) in [6, 6.07) is 12.0. The maximum absolute atomic E-state index is 4.29. The number of rotatable bonds is 2. The molecular formula is C13H12N2. The van der Waals surface area contributed by atoms with E-state index in [4.69, 9.17) is 0 Å². The van der Waals surface area contributed by atoms with Gasteiger partial charge in [0.2, 0.25) is 0 Å². The minimum Gasteiger partial charge on any atom is -0.237 e. The predicted octanol–water partition coefficient (Wildman–Crippen LogP) is 2.96. The maximum Gasteiger partial charge on any atom is 0.152 e. The van der Waals surface area contributed by atoms with Gasteiger partial charge in [-0.05, 0) is 24.6 Å². The third kappa shape index (κ3) is 2.74. The lowest BCUT2D eigenvalue weighted by Gasteiger charge is -1.94. The maximum atomic E-state index is 4.29. The van der Waals surface area contributed by atoms with Crippen LogP contribution in [0.25, 0.3) is 12.2 Å². The third-order valence-corrected chi connectivity index (χ3v) is 2.04. The minimum atomic E-state index is 0.749. The van der Waals surface area contributed by atoms with Gasteiger partial charge < -0.3 is 0 Å². The highest BCUT2D eigenvalue weighted by molar-refractivity contribution is 5.66. The molecular weight excluding hydrogens is 184 g/mol. The molecule has 2 aromatic rings. The van der Waals surface area contributed by atoms with Crippen LogP contribution in [-0.4, -0.2) is 9.97 Å². The Balaban J connectivity index is 2.19. The van der Waals surface area contributed by atoms with Crippen molar-refractivity contribution in [3.63, 3.8) is 0 Å². The SMILES string of the molecule is Cc1ccnc(C=Cc2ccccc2)n1. The predicted molar refractivity (Wildman–Crippen MR) is 62.1 cm³/mol. The first-order chi connectivity index (χ1) is 7.34. The average molecular weight is 196 g/mol. The van der Waals surface area contributed by atoms with Crippen LogP contribution >= 0.6 is 0 Å². The van der Waals surface area contributed by atoms with Crippen LogP contribution in [-0.2, 0) is 0 Å². The van der Waals surface area contributed by atoms with Crippen molar-refractivity contribution in [1.82, 2.24) is 9.97 Å². The van der Waals surface area contributed by atoms with Crippen molar-refractivity contribution >= 4 is 12.2 Å². The summed E-state index contributed by atoms with van der Waals surface area (Å²) in [6.07, 6.45) is 5.70. The zero-order valence-electron chi connectivity index (χ0n) is 8.59. The van der Waals surface area contributed by atoms with E-state index >= 15 is 0 Å². The molecule has 0 atom stereocenters. The molecule has 1 aromatic heterocycles. The molecule has 74 valence electrons. The largest absolute Gasteiger partial charge is 0.237 e. The van der Waals surface area contributed by atoms with Gasteiger partial charge in [-0.2, -0.15) is 0 Å². The van der Waals surface area contributed by atoms with E-state index in [1.807, 2.05) is 55.5 Å². The Morgan fingerprint density at radius 3 is 2.53 bits per heavy atom. The van der Waals surface area contributed by atoms with E-state index in [0.717, 1.165) is 17.1 Å². The Labute approximate surface area is 89.3 Å². The molecule has 2 nitrogen and oxygen atoms in total. The zero-order chi connectivity index (χ0) is 10.5. The molecule has 0 amide bonds. The van der Waals surface area contributed by atoms with E-state index in [9.17, 15) is 0 Å². The number of aryl methyl sites for hydroxylation is 1. The van der Waals surface area contributed by atoms with E-state index in [1.54, 1.807) is 6.20 Å². The van der Waals surface area contributed by atoms with E-state index in [1.165, 1.54) is 0 Å². The molecule has 2 rings (SSSR count). The average Bonchev–Trinajstić information content (AvgIpc) is 2.28. The molecule has 1 aromatic carbocycles. The third-order valence-electron chi connectivity index (χ3n) is 2.04. The summed E-state index contributed by atoms with van der Waals surface area (Å²) in [5, 5.41) is 0. The second-order valence-electron chi connectivity index (χ2n) is 3.30. The molecule has 0 spiro atoms. The van der Waals surface area contributed by atoms with Crippen molar-refractivity contribution in [3.8, 4) is 0 Å². The molecule has 0 aliphatic rings. The first-order valence-electron chi connectivity index (χ1n) is 4.87. The van der Waals surface area contributed by atoms with Crippen molar-refractivity contribution in [2.45, 2.75) is 6.92 Å². The molecule has 0 N–H and O–H groups in total. The van der Waals surface area contributed by atoms with Crippen LogP contribution in [0.1, 0.15) is 17.1 Å². The van der Waals surface area contributed by atoms with E-state index in [2.05, 4.69) is 9.97 Å². The zero-order valence-corrected chi connectivity index (χ0v) is 8.59. The summed E-state index contributed by atoms with van der Waals surface area (Å²) >= 11 is 0. The van der Waals surface area contributed by atoms with Crippen LogP contribution in [0, 0.1) is 6.92 Å². The van der Waals surface area contributed by atoms with Crippen molar-refractivity contribution in [3.05, 3.63) is 59.7 Å². The fourth-order valence-electron chi connectivity index (χ4n) is 1.28. The van der Waals surface area contributed by atoms with Gasteiger partial charge in [0.1, 0.15) is 0 Å². The topological polar surface area (TPSA) is 25.8 Å². The Morgan fingerprint density at radius 1 is 1.00 bits per heavy atom. The second kappa shape index (κ2) is 4.51. The van der Waals surface area contributed by atoms with Crippen molar-refractivity contribution < 1.29 is 0 Å². The lowest BCUT2D eigenvalue weighted by Crippen LogP contribution is -1.88. The van der Waals surface area contributed by atoms with Gasteiger partial charge in [0.15, 0.2) is 5.82 Å². The summed E-state index contributed by atoms with van der Waals surface area (Å²) in [5.74, 6) is 0.749. The van der Waals surface area contributed by atoms with Crippen molar-refractivity contribution in [2.24, 2.45) is 0 Å². The molecule has 0 saturated heterocycles. The molecule has 15 heavy (non-hydrogen) atoms. The first-order valence-corrected chi connectivity index (χ1v) is 4.87. The Kier molecular flexibility index (Phi) is 2.88. The molecule has 2 heteroatoms. The van der Waals surface area contributed by atoms with Crippen LogP contribution in [0.5, 0.6) is 0 Å². The quantitative estimate of drug-likeness (QED) is 0.738. The monoisotopic (exact) mass is 196 g/mol. The highest BCUT2D eigenvalue weighted by Gasteiger charge is 1.90. The van der Waals surface area contributed by atoms with Gasteiger partial charge in [0.05, 0.1) is 0 Å². The van der Waals surface area contributed by atoms with Gasteiger partial charge in [-0.25, -0.2) is 9.97 Å². The first kappa shape index (κ1) is 9.59. The fourth-order valence-corrected chi connectivity index (χ4v) is 1.28. The molecule has 1 heterocycles. The van der Waals surface area contributed by atoms with Gasteiger partial charge in [-0.1, -0.05) is 36.4 Å². The van der Waals surface area contributed by atoms with Gasteiger partial charge in [-0.3, -0.25) is 0 Å². The van der Waals surface area contributed by atoms with E-state index in [0.29, 0.717) is 0 Å². The van der Waals surface area contributed by atoms with Crippen LogP contribution in [0.3, 0.4) is 0 Å². The fraction of sp³-hybridized carbons (Fsp3) is 0.0769. The van der Waals surface area contributed by atoms with Crippen LogP contribution in [0.2, 0.25) is 0 Å². The smallest absolute Gasteiger partial charge is 0.152 e. The van der Waals surface area contributed by atoms with Crippen molar-refractivity contribution in [1.29, 1.82) is 0 Å². The van der Waals surface area contributed by atoms with Gasteiger partial charge in [0.25, 0.3) is 0 Å². The number of hydrogen-bond donors (Lipinski definition) is 0. The second-order valence-corrected chi connectivity index (χ2v) is 3.30. The van der Waals surface area contributed by atoms with Gasteiger partial charge >= 0.3 is 0 Å². The standard InChI is InChI=1S/C13H12N2/c1-11-9-10-14-13(15-11)8-7-12-5-3-2-4-6-12/h2-10H,1H3. The molecule has 0 aliphatic heterocycles. The Morgan fingerprint density at radius 2 is 1.80 bits per heavy atom. The summed E-state index contributed by atoms with van der Waals surface area (Å²) in [5.41, 5.74) is 2.14. The van der Waals surface area contributed by atoms with Crippen molar-refractivity contribution in [2.75, 3.05) is 0 Å². The number of aromatic nitrogens is 2. The van der Waals surface area contributed by atoms with E-state index < -0.39 is 0 Å². The molecule has 0 aliphatic carbocycles. The summed E-state index contributed by atoms with van der Waals surface area (Å²) in [6.45, 7) is 1.96. The van der Waals surface area contributed by atoms with Crippen LogP contribution < -0.4 is 0 Å². The van der Waals surface area contributed by atoms with Crippen LogP contribution in [0.4, 0.5) is 0 Å². The minimum absolute atomic E-state index is 0.749. The number of hydrogen-bond acceptors (Lipinski definition) is 2. The van der Waals surface area contributed by atoms with Gasteiger partial charge in [0, 0.05) is 11.9 Å². The lowest BCUT2D eigenvalue weighted by atomic mass is 10.2. The summed E-state index contributed by atoms with van der Waals surface area (Å²) < 4.78 is 0. The Hall–Kier alpha value is -1.96.